The lowest BCUT2D eigenvalue weighted by atomic mass is 9.84. The third-order valence-corrected chi connectivity index (χ3v) is 4.46. The van der Waals surface area contributed by atoms with E-state index in [1.54, 1.807) is 13.0 Å². The van der Waals surface area contributed by atoms with Gasteiger partial charge in [-0.2, -0.15) is 5.26 Å². The van der Waals surface area contributed by atoms with E-state index < -0.39 is 11.5 Å². The normalized spacial score (nSPS) is 16.7. The third kappa shape index (κ3) is 2.27. The van der Waals surface area contributed by atoms with Crippen LogP contribution in [0, 0.1) is 21.8 Å². The van der Waals surface area contributed by atoms with Gasteiger partial charge in [-0.1, -0.05) is 18.2 Å². The molecule has 2 heterocycles. The minimum Gasteiger partial charge on any atom is -0.440 e. The van der Waals surface area contributed by atoms with Crippen LogP contribution >= 0.6 is 22.6 Å². The summed E-state index contributed by atoms with van der Waals surface area (Å²) in [4.78, 5) is 12.3. The molecule has 22 heavy (non-hydrogen) atoms. The average molecular weight is 406 g/mol. The van der Waals surface area contributed by atoms with Crippen molar-refractivity contribution < 1.29 is 9.15 Å². The Morgan fingerprint density at radius 1 is 1.36 bits per heavy atom. The van der Waals surface area contributed by atoms with E-state index in [-0.39, 0.29) is 11.5 Å². The van der Waals surface area contributed by atoms with Crippen LogP contribution in [0.4, 0.5) is 0 Å². The summed E-state index contributed by atoms with van der Waals surface area (Å²) in [5.74, 6) is 0.205. The first-order valence-electron chi connectivity index (χ1n) is 6.49. The molecule has 0 bridgehead atoms. The van der Waals surface area contributed by atoms with E-state index in [0.717, 1.165) is 9.13 Å². The molecular weight excluding hydrogens is 395 g/mol. The van der Waals surface area contributed by atoms with Crippen molar-refractivity contribution in [3.63, 3.8) is 0 Å². The molecule has 1 aromatic carbocycles. The van der Waals surface area contributed by atoms with Crippen LogP contribution in [0.2, 0.25) is 0 Å². The van der Waals surface area contributed by atoms with Crippen molar-refractivity contribution in [3.05, 3.63) is 72.7 Å². The van der Waals surface area contributed by atoms with Gasteiger partial charge in [-0.05, 0) is 41.1 Å². The number of rotatable bonds is 1. The monoisotopic (exact) mass is 406 g/mol. The molecule has 0 unspecified atom stereocenters. The van der Waals surface area contributed by atoms with Crippen molar-refractivity contribution in [2.24, 2.45) is 5.73 Å². The van der Waals surface area contributed by atoms with Gasteiger partial charge in [-0.3, -0.25) is 0 Å². The van der Waals surface area contributed by atoms with Crippen molar-refractivity contribution in [2.75, 3.05) is 0 Å². The first kappa shape index (κ1) is 14.7. The lowest BCUT2D eigenvalue weighted by molar-refractivity contribution is 0.371. The Hall–Kier alpha value is -2.27. The van der Waals surface area contributed by atoms with Gasteiger partial charge < -0.3 is 14.9 Å². The Labute approximate surface area is 140 Å². The fraction of sp³-hybridized carbons (Fsp3) is 0.125. The van der Waals surface area contributed by atoms with Gasteiger partial charge in [-0.25, -0.2) is 4.79 Å². The summed E-state index contributed by atoms with van der Waals surface area (Å²) in [5, 5.41) is 9.45. The number of halogens is 1. The maximum Gasteiger partial charge on any atom is 0.343 e. The smallest absolute Gasteiger partial charge is 0.343 e. The molecule has 2 N–H and O–H groups in total. The predicted octanol–water partition coefficient (Wildman–Crippen LogP) is 2.77. The molecule has 1 aliphatic rings. The Balaban J connectivity index is 2.35. The van der Waals surface area contributed by atoms with Crippen LogP contribution in [0.15, 0.2) is 51.0 Å². The highest BCUT2D eigenvalue weighted by molar-refractivity contribution is 14.1. The summed E-state index contributed by atoms with van der Waals surface area (Å²) < 4.78 is 11.6. The van der Waals surface area contributed by atoms with Crippen LogP contribution in [-0.4, -0.2) is 0 Å². The average Bonchev–Trinajstić information content (AvgIpc) is 2.46. The van der Waals surface area contributed by atoms with Gasteiger partial charge in [0.15, 0.2) is 0 Å². The fourth-order valence-electron chi connectivity index (χ4n) is 2.54. The highest BCUT2D eigenvalue weighted by Crippen LogP contribution is 2.41. The number of hydrogen-bond acceptors (Lipinski definition) is 5. The van der Waals surface area contributed by atoms with Gasteiger partial charge in [0, 0.05) is 9.64 Å². The number of allylic oxidation sites excluding steroid dienone is 1. The summed E-state index contributed by atoms with van der Waals surface area (Å²) in [6, 6.07) is 11.2. The van der Waals surface area contributed by atoms with Gasteiger partial charge >= 0.3 is 5.63 Å². The summed E-state index contributed by atoms with van der Waals surface area (Å²) in [7, 11) is 0. The van der Waals surface area contributed by atoms with Crippen LogP contribution in [0.5, 0.6) is 5.75 Å². The Kier molecular flexibility index (Phi) is 3.66. The van der Waals surface area contributed by atoms with Gasteiger partial charge in [0.25, 0.3) is 0 Å². The number of nitrogens with two attached hydrogens (primary N) is 1. The van der Waals surface area contributed by atoms with E-state index in [0.29, 0.717) is 17.1 Å². The maximum absolute atomic E-state index is 12.3. The molecule has 1 aliphatic heterocycles. The van der Waals surface area contributed by atoms with E-state index in [2.05, 4.69) is 28.7 Å². The molecule has 1 aromatic heterocycles. The van der Waals surface area contributed by atoms with Gasteiger partial charge in [0.2, 0.25) is 5.88 Å². The lowest BCUT2D eigenvalue weighted by Crippen LogP contribution is -2.26. The molecule has 0 radical (unpaired) electrons. The second-order valence-corrected chi connectivity index (χ2v) is 6.03. The number of aryl methyl sites for hydroxylation is 1. The molecule has 5 nitrogen and oxygen atoms in total. The lowest BCUT2D eigenvalue weighted by Gasteiger charge is -2.25. The van der Waals surface area contributed by atoms with Crippen LogP contribution in [0.1, 0.15) is 22.8 Å². The summed E-state index contributed by atoms with van der Waals surface area (Å²) in [5.41, 5.74) is 6.71. The zero-order valence-electron chi connectivity index (χ0n) is 11.6. The standard InChI is InChI=1S/C16H11IN2O3/c1-8-6-12-14(16(20)21-8)13(10(7-18)15(19)22-12)9-4-2-3-5-11(9)17/h2-6,13H,19H2,1H3/t13-/m0/s1. The van der Waals surface area contributed by atoms with E-state index in [1.165, 1.54) is 0 Å². The SMILES string of the molecule is Cc1cc2c(c(=O)o1)[C@@H](c1ccccc1I)C(C#N)=C(N)O2. The number of nitriles is 1. The van der Waals surface area contributed by atoms with Crippen molar-refractivity contribution >= 4 is 22.6 Å². The number of nitrogens with zero attached hydrogens (tertiary/aromatic N) is 1. The van der Waals surface area contributed by atoms with Gasteiger partial charge in [-0.15, -0.1) is 0 Å². The van der Waals surface area contributed by atoms with Crippen molar-refractivity contribution in [1.82, 2.24) is 0 Å². The number of hydrogen-bond donors (Lipinski definition) is 1. The Bertz CT molecular complexity index is 893. The maximum atomic E-state index is 12.3. The minimum atomic E-state index is -0.585. The molecule has 0 spiro atoms. The minimum absolute atomic E-state index is 0.0182. The van der Waals surface area contributed by atoms with Crippen LogP contribution in [-0.2, 0) is 0 Å². The van der Waals surface area contributed by atoms with E-state index in [4.69, 9.17) is 14.9 Å². The largest absolute Gasteiger partial charge is 0.440 e. The van der Waals surface area contributed by atoms with E-state index in [9.17, 15) is 10.1 Å². The first-order valence-corrected chi connectivity index (χ1v) is 7.57. The zero-order valence-corrected chi connectivity index (χ0v) is 13.7. The van der Waals surface area contributed by atoms with Crippen LogP contribution in [0.25, 0.3) is 0 Å². The molecule has 1 atom stereocenters. The number of ether oxygens (including phenoxy) is 1. The molecule has 2 aromatic rings. The Morgan fingerprint density at radius 3 is 2.77 bits per heavy atom. The number of fused-ring (bicyclic) bond motifs is 1. The van der Waals surface area contributed by atoms with Crippen molar-refractivity contribution in [3.8, 4) is 11.8 Å². The van der Waals surface area contributed by atoms with E-state index >= 15 is 0 Å². The topological polar surface area (TPSA) is 89.2 Å². The fourth-order valence-corrected chi connectivity index (χ4v) is 3.24. The molecule has 6 heteroatoms. The van der Waals surface area contributed by atoms with Crippen molar-refractivity contribution in [2.45, 2.75) is 12.8 Å². The molecule has 110 valence electrons. The molecule has 3 rings (SSSR count). The van der Waals surface area contributed by atoms with Crippen LogP contribution in [0.3, 0.4) is 0 Å². The molecule has 0 fully saturated rings. The second kappa shape index (κ2) is 5.50. The van der Waals surface area contributed by atoms with Crippen molar-refractivity contribution in [1.29, 1.82) is 5.26 Å². The molecule has 0 saturated heterocycles. The molecular formula is C16H11IN2O3. The summed E-state index contributed by atoms with van der Waals surface area (Å²) in [6.07, 6.45) is 0. The molecule has 0 aliphatic carbocycles. The summed E-state index contributed by atoms with van der Waals surface area (Å²) in [6.45, 7) is 1.66. The van der Waals surface area contributed by atoms with Gasteiger partial charge in [0.1, 0.15) is 23.2 Å². The number of benzene rings is 1. The second-order valence-electron chi connectivity index (χ2n) is 4.87. The molecule has 0 saturated carbocycles. The highest BCUT2D eigenvalue weighted by Gasteiger charge is 2.35. The predicted molar refractivity (Wildman–Crippen MR) is 88.2 cm³/mol. The highest BCUT2D eigenvalue weighted by atomic mass is 127. The quantitative estimate of drug-likeness (QED) is 0.736. The third-order valence-electron chi connectivity index (χ3n) is 3.47. The van der Waals surface area contributed by atoms with Gasteiger partial charge in [0.05, 0.1) is 11.5 Å². The first-order chi connectivity index (χ1) is 10.5. The van der Waals surface area contributed by atoms with Crippen LogP contribution < -0.4 is 16.1 Å². The zero-order chi connectivity index (χ0) is 15.9. The summed E-state index contributed by atoms with van der Waals surface area (Å²) >= 11 is 2.17. The molecule has 0 amide bonds. The van der Waals surface area contributed by atoms with E-state index in [1.807, 2.05) is 24.3 Å². The Morgan fingerprint density at radius 2 is 2.09 bits per heavy atom.